The molecule has 2 aromatic rings. The smallest absolute Gasteiger partial charge is 0.307 e. The second kappa shape index (κ2) is 8.68. The first kappa shape index (κ1) is 18.9. The highest BCUT2D eigenvalue weighted by Gasteiger charge is 2.32. The Morgan fingerprint density at radius 1 is 1.19 bits per heavy atom. The van der Waals surface area contributed by atoms with E-state index in [1.807, 2.05) is 25.2 Å². The van der Waals surface area contributed by atoms with E-state index >= 15 is 0 Å². The van der Waals surface area contributed by atoms with Crippen molar-refractivity contribution in [2.24, 2.45) is 0 Å². The van der Waals surface area contributed by atoms with Crippen molar-refractivity contribution < 1.29 is 14.3 Å². The highest BCUT2D eigenvalue weighted by atomic mass is 16.5. The van der Waals surface area contributed by atoms with E-state index in [0.717, 1.165) is 12.8 Å². The van der Waals surface area contributed by atoms with Crippen LogP contribution in [0.4, 0.5) is 0 Å². The number of aromatic nitrogens is 3. The lowest BCUT2D eigenvalue weighted by molar-refractivity contribution is -0.141. The first-order valence-corrected chi connectivity index (χ1v) is 8.89. The molecule has 0 spiro atoms. The summed E-state index contributed by atoms with van der Waals surface area (Å²) in [7, 11) is 3.37. The molecule has 3 heterocycles. The number of likely N-dealkylation sites (tertiary alicyclic amines) is 1. The van der Waals surface area contributed by atoms with Crippen LogP contribution in [-0.2, 0) is 9.53 Å². The third-order valence-electron chi connectivity index (χ3n) is 4.92. The van der Waals surface area contributed by atoms with Crippen LogP contribution >= 0.6 is 0 Å². The van der Waals surface area contributed by atoms with Crippen LogP contribution in [0.1, 0.15) is 29.6 Å². The van der Waals surface area contributed by atoms with Crippen molar-refractivity contribution in [2.45, 2.75) is 31.3 Å². The zero-order valence-electron chi connectivity index (χ0n) is 15.5. The summed E-state index contributed by atoms with van der Waals surface area (Å²) in [5.41, 5.74) is 1.06. The fourth-order valence-electron chi connectivity index (χ4n) is 3.24. The molecule has 0 bridgehead atoms. The molecule has 1 aliphatic heterocycles. The maximum absolute atomic E-state index is 12.4. The molecule has 0 aromatic carbocycles. The summed E-state index contributed by atoms with van der Waals surface area (Å²) in [5.74, 6) is 0.0578. The minimum atomic E-state index is -0.215. The van der Waals surface area contributed by atoms with Gasteiger partial charge in [0.25, 0.3) is 5.91 Å². The summed E-state index contributed by atoms with van der Waals surface area (Å²) in [4.78, 5) is 38.6. The highest BCUT2D eigenvalue weighted by Crippen LogP contribution is 2.24. The topological polar surface area (TPSA) is 97.3 Å². The number of pyridine rings is 1. The molecule has 1 aliphatic rings. The predicted molar refractivity (Wildman–Crippen MR) is 98.8 cm³/mol. The molecule has 2 atom stereocenters. The van der Waals surface area contributed by atoms with Gasteiger partial charge in [0.1, 0.15) is 5.69 Å². The third kappa shape index (κ3) is 4.65. The van der Waals surface area contributed by atoms with Crippen LogP contribution in [0.2, 0.25) is 0 Å². The fraction of sp³-hybridized carbons (Fsp3) is 0.421. The molecule has 1 saturated heterocycles. The number of ether oxygens (including phenoxy) is 1. The van der Waals surface area contributed by atoms with Gasteiger partial charge in [0.2, 0.25) is 0 Å². The lowest BCUT2D eigenvalue weighted by Crippen LogP contribution is -2.41. The molecule has 2 aromatic heterocycles. The molecular formula is C19H23N5O3. The van der Waals surface area contributed by atoms with Gasteiger partial charge in [-0.3, -0.25) is 19.5 Å². The number of nitrogens with zero attached hydrogens (tertiary/aromatic N) is 4. The van der Waals surface area contributed by atoms with Gasteiger partial charge >= 0.3 is 5.97 Å². The number of amides is 1. The maximum Gasteiger partial charge on any atom is 0.307 e. The third-order valence-corrected chi connectivity index (χ3v) is 4.92. The van der Waals surface area contributed by atoms with Crippen LogP contribution in [-0.4, -0.2) is 64.5 Å². The molecule has 0 aliphatic carbocycles. The van der Waals surface area contributed by atoms with Gasteiger partial charge in [-0.25, -0.2) is 9.97 Å². The number of hydrogen-bond donors (Lipinski definition) is 1. The second-order valence-electron chi connectivity index (χ2n) is 6.55. The quantitative estimate of drug-likeness (QED) is 0.766. The average Bonchev–Trinajstić information content (AvgIpc) is 3.06. The van der Waals surface area contributed by atoms with E-state index in [1.54, 1.807) is 6.20 Å². The lowest BCUT2D eigenvalue weighted by Gasteiger charge is -2.25. The van der Waals surface area contributed by atoms with Gasteiger partial charge in [-0.05, 0) is 32.0 Å². The van der Waals surface area contributed by atoms with Gasteiger partial charge in [0.15, 0.2) is 5.82 Å². The number of hydrogen-bond acceptors (Lipinski definition) is 7. The first-order valence-electron chi connectivity index (χ1n) is 8.89. The van der Waals surface area contributed by atoms with Crippen LogP contribution in [0.5, 0.6) is 0 Å². The van der Waals surface area contributed by atoms with Crippen molar-refractivity contribution in [3.63, 3.8) is 0 Å². The second-order valence-corrected chi connectivity index (χ2v) is 6.55. The zero-order valence-corrected chi connectivity index (χ0v) is 15.5. The number of esters is 1. The van der Waals surface area contributed by atoms with E-state index in [0.29, 0.717) is 30.0 Å². The Hall–Kier alpha value is -2.87. The Balaban J connectivity index is 1.53. The van der Waals surface area contributed by atoms with Gasteiger partial charge in [-0.2, -0.15) is 0 Å². The highest BCUT2D eigenvalue weighted by molar-refractivity contribution is 5.93. The number of methoxy groups -OCH3 is 1. The predicted octanol–water partition coefficient (Wildman–Crippen LogP) is 1.29. The van der Waals surface area contributed by atoms with Crippen LogP contribution < -0.4 is 5.32 Å². The number of likely N-dealkylation sites (N-methyl/N-ethyl adjacent to an activating group) is 1. The summed E-state index contributed by atoms with van der Waals surface area (Å²) in [6, 6.07) is 5.84. The fourth-order valence-corrected chi connectivity index (χ4v) is 3.24. The van der Waals surface area contributed by atoms with Crippen molar-refractivity contribution >= 4 is 11.9 Å². The summed E-state index contributed by atoms with van der Waals surface area (Å²) in [6.07, 6.45) is 6.89. The molecule has 8 heteroatoms. The van der Waals surface area contributed by atoms with E-state index in [9.17, 15) is 9.59 Å². The molecule has 1 amide bonds. The van der Waals surface area contributed by atoms with Gasteiger partial charge in [0, 0.05) is 37.2 Å². The zero-order chi connectivity index (χ0) is 19.2. The summed E-state index contributed by atoms with van der Waals surface area (Å²) in [5, 5.41) is 2.93. The summed E-state index contributed by atoms with van der Waals surface area (Å²) < 4.78 is 4.74. The Labute approximate surface area is 158 Å². The SMILES string of the molecule is COC(=O)C[C@H]1CC[C@@H](CNC(=O)c2cnc(-c3ccccn3)nc2)N1C. The van der Waals surface area contributed by atoms with Crippen LogP contribution in [0.25, 0.3) is 11.5 Å². The Morgan fingerprint density at radius 3 is 2.59 bits per heavy atom. The average molecular weight is 369 g/mol. The number of carbonyl (C=O) groups is 2. The minimum Gasteiger partial charge on any atom is -0.469 e. The van der Waals surface area contributed by atoms with E-state index < -0.39 is 0 Å². The normalized spacial score (nSPS) is 19.6. The van der Waals surface area contributed by atoms with E-state index in [-0.39, 0.29) is 24.0 Å². The van der Waals surface area contributed by atoms with Crippen molar-refractivity contribution in [3.8, 4) is 11.5 Å². The molecule has 142 valence electrons. The Kier molecular flexibility index (Phi) is 6.08. The Bertz CT molecular complexity index is 782. The van der Waals surface area contributed by atoms with E-state index in [4.69, 9.17) is 4.74 Å². The standard InChI is InChI=1S/C19H23N5O3/c1-24-14(9-17(25)27-2)6-7-15(24)12-23-19(26)13-10-21-18(22-11-13)16-5-3-4-8-20-16/h3-5,8,10-11,14-15H,6-7,9,12H2,1-2H3,(H,23,26)/t14-,15+/m1/s1. The van der Waals surface area contributed by atoms with Crippen molar-refractivity contribution in [1.82, 2.24) is 25.2 Å². The summed E-state index contributed by atoms with van der Waals surface area (Å²) >= 11 is 0. The molecule has 1 fully saturated rings. The Morgan fingerprint density at radius 2 is 1.93 bits per heavy atom. The number of rotatable bonds is 6. The van der Waals surface area contributed by atoms with Crippen LogP contribution in [0.3, 0.4) is 0 Å². The molecule has 0 saturated carbocycles. The van der Waals surface area contributed by atoms with Crippen molar-refractivity contribution in [3.05, 3.63) is 42.4 Å². The molecular weight excluding hydrogens is 346 g/mol. The van der Waals surface area contributed by atoms with E-state index in [1.165, 1.54) is 19.5 Å². The van der Waals surface area contributed by atoms with Crippen LogP contribution in [0.15, 0.2) is 36.8 Å². The lowest BCUT2D eigenvalue weighted by atomic mass is 10.1. The first-order chi connectivity index (χ1) is 13.1. The largest absolute Gasteiger partial charge is 0.469 e. The van der Waals surface area contributed by atoms with E-state index in [2.05, 4.69) is 25.2 Å². The van der Waals surface area contributed by atoms with Crippen LogP contribution in [0, 0.1) is 0 Å². The van der Waals surface area contributed by atoms with Gasteiger partial charge in [-0.15, -0.1) is 0 Å². The van der Waals surface area contributed by atoms with Crippen molar-refractivity contribution in [2.75, 3.05) is 20.7 Å². The molecule has 0 unspecified atom stereocenters. The molecule has 1 N–H and O–H groups in total. The maximum atomic E-state index is 12.4. The molecule has 0 radical (unpaired) electrons. The monoisotopic (exact) mass is 369 g/mol. The molecule has 27 heavy (non-hydrogen) atoms. The molecule has 3 rings (SSSR count). The minimum absolute atomic E-state index is 0.153. The number of nitrogens with one attached hydrogen (secondary N) is 1. The van der Waals surface area contributed by atoms with Gasteiger partial charge in [-0.1, -0.05) is 6.07 Å². The van der Waals surface area contributed by atoms with Gasteiger partial charge < -0.3 is 10.1 Å². The van der Waals surface area contributed by atoms with Crippen molar-refractivity contribution in [1.29, 1.82) is 0 Å². The summed E-state index contributed by atoms with van der Waals surface area (Å²) in [6.45, 7) is 0.509. The molecule has 8 nitrogen and oxygen atoms in total. The number of carbonyl (C=O) groups excluding carboxylic acids is 2. The van der Waals surface area contributed by atoms with Gasteiger partial charge in [0.05, 0.1) is 19.1 Å².